The van der Waals surface area contributed by atoms with Gasteiger partial charge in [0, 0.05) is 19.8 Å². The summed E-state index contributed by atoms with van der Waals surface area (Å²) in [4.78, 5) is 4.34. The van der Waals surface area contributed by atoms with Gasteiger partial charge in [-0.3, -0.25) is 0 Å². The minimum atomic E-state index is -1.72. The Kier molecular flexibility index (Phi) is 10.4. The van der Waals surface area contributed by atoms with Crippen LogP contribution in [-0.4, -0.2) is 70.7 Å². The van der Waals surface area contributed by atoms with Gasteiger partial charge in [0.2, 0.25) is 5.79 Å². The molecule has 0 amide bonds. The van der Waals surface area contributed by atoms with Crippen LogP contribution in [0.1, 0.15) is 65.0 Å². The number of aromatic nitrogens is 3. The van der Waals surface area contributed by atoms with E-state index in [2.05, 4.69) is 30.9 Å². The van der Waals surface area contributed by atoms with E-state index in [1.165, 1.54) is 18.1 Å². The number of hydrogen-bond donors (Lipinski definition) is 1. The zero-order valence-corrected chi connectivity index (χ0v) is 21.2. The van der Waals surface area contributed by atoms with Gasteiger partial charge in [0.1, 0.15) is 35.4 Å². The van der Waals surface area contributed by atoms with E-state index in [-0.39, 0.29) is 0 Å². The largest absolute Gasteiger partial charge is 0.379 e. The third-order valence-electron chi connectivity index (χ3n) is 5.89. The lowest BCUT2D eigenvalue weighted by molar-refractivity contribution is -0.253. The van der Waals surface area contributed by atoms with Gasteiger partial charge in [-0.15, -0.1) is 11.8 Å². The van der Waals surface area contributed by atoms with Crippen LogP contribution in [0.25, 0.3) is 5.52 Å². The minimum absolute atomic E-state index is 0.334. The number of unbranched alkanes of at least 4 members (excludes halogenated alkanes) is 3. The molecule has 186 valence electrons. The molecule has 0 aromatic carbocycles. The van der Waals surface area contributed by atoms with Gasteiger partial charge in [0.05, 0.1) is 12.1 Å². The lowest BCUT2D eigenvalue weighted by atomic mass is 10.0. The van der Waals surface area contributed by atoms with Crippen LogP contribution in [0.3, 0.4) is 0 Å². The van der Waals surface area contributed by atoms with E-state index in [1.807, 2.05) is 18.4 Å². The molecular weight excluding hydrogens is 442 g/mol. The molecule has 0 spiro atoms. The number of nitrogens with zero attached hydrogens (tertiary/aromatic N) is 3. The van der Waals surface area contributed by atoms with E-state index < -0.39 is 24.1 Å². The topological polar surface area (TPSA) is 87.3 Å². The van der Waals surface area contributed by atoms with E-state index in [0.29, 0.717) is 32.1 Å². The second-order valence-electron chi connectivity index (χ2n) is 8.40. The molecule has 1 fully saturated rings. The molecule has 33 heavy (non-hydrogen) atoms. The number of ether oxygens (including phenoxy) is 4. The van der Waals surface area contributed by atoms with Crippen LogP contribution < -0.4 is 0 Å². The van der Waals surface area contributed by atoms with Crippen molar-refractivity contribution in [3.05, 3.63) is 24.2 Å². The van der Waals surface area contributed by atoms with Crippen LogP contribution in [-0.2, 0) is 24.7 Å². The molecule has 0 bridgehead atoms. The zero-order chi connectivity index (χ0) is 23.7. The van der Waals surface area contributed by atoms with Crippen LogP contribution in [0, 0.1) is 0 Å². The summed E-state index contributed by atoms with van der Waals surface area (Å²) in [5.74, 6) is -1.72. The Morgan fingerprint density at radius 1 is 1.06 bits per heavy atom. The lowest BCUT2D eigenvalue weighted by Crippen LogP contribution is -2.45. The van der Waals surface area contributed by atoms with E-state index in [1.54, 1.807) is 4.52 Å². The Hall–Kier alpha value is -1.23. The molecular formula is C24H39N3O5S. The summed E-state index contributed by atoms with van der Waals surface area (Å²) in [7, 11) is 0. The van der Waals surface area contributed by atoms with Crippen molar-refractivity contribution in [2.45, 2.75) is 88.4 Å². The summed E-state index contributed by atoms with van der Waals surface area (Å²) in [5, 5.41) is 17.2. The van der Waals surface area contributed by atoms with Crippen molar-refractivity contribution in [2.75, 3.05) is 32.7 Å². The molecule has 1 unspecified atom stereocenters. The first kappa shape index (κ1) is 26.4. The first-order chi connectivity index (χ1) is 16.1. The number of rotatable bonds is 15. The summed E-state index contributed by atoms with van der Waals surface area (Å²) in [6, 6.07) is 3.74. The number of fused-ring (bicyclic) bond motifs is 1. The van der Waals surface area contributed by atoms with E-state index in [0.717, 1.165) is 49.1 Å². The van der Waals surface area contributed by atoms with Crippen molar-refractivity contribution < 1.29 is 24.1 Å². The quantitative estimate of drug-likeness (QED) is 0.299. The molecule has 1 aliphatic heterocycles. The highest BCUT2D eigenvalue weighted by Gasteiger charge is 2.58. The fourth-order valence-electron chi connectivity index (χ4n) is 4.02. The molecule has 3 rings (SSSR count). The number of hydrogen-bond acceptors (Lipinski definition) is 8. The van der Waals surface area contributed by atoms with Crippen molar-refractivity contribution in [3.63, 3.8) is 0 Å². The molecule has 0 saturated carbocycles. The molecule has 8 nitrogen and oxygen atoms in total. The SMILES string of the molecule is CCCCOC[C@H]1OC(O)(c2ccc3c(SC)ncnn23)[C@H](OCCCC)[C@@H]1OCCCC. The maximum atomic E-state index is 12.0. The van der Waals surface area contributed by atoms with Crippen molar-refractivity contribution in [1.29, 1.82) is 0 Å². The molecule has 4 atom stereocenters. The monoisotopic (exact) mass is 481 g/mol. The molecule has 9 heteroatoms. The highest BCUT2D eigenvalue weighted by molar-refractivity contribution is 7.98. The van der Waals surface area contributed by atoms with Crippen molar-refractivity contribution >= 4 is 17.3 Å². The molecule has 1 aliphatic rings. The zero-order valence-electron chi connectivity index (χ0n) is 20.4. The maximum absolute atomic E-state index is 12.0. The second kappa shape index (κ2) is 13.0. The summed E-state index contributed by atoms with van der Waals surface area (Å²) in [6.45, 7) is 8.44. The average Bonchev–Trinajstić information content (AvgIpc) is 3.37. The minimum Gasteiger partial charge on any atom is -0.379 e. The summed E-state index contributed by atoms with van der Waals surface area (Å²) in [6.07, 6.45) is 7.72. The van der Waals surface area contributed by atoms with Gasteiger partial charge in [-0.1, -0.05) is 40.0 Å². The third-order valence-corrected chi connectivity index (χ3v) is 6.59. The second-order valence-corrected chi connectivity index (χ2v) is 9.19. The van der Waals surface area contributed by atoms with Gasteiger partial charge < -0.3 is 24.1 Å². The van der Waals surface area contributed by atoms with Crippen LogP contribution in [0.15, 0.2) is 23.5 Å². The van der Waals surface area contributed by atoms with E-state index >= 15 is 0 Å². The first-order valence-electron chi connectivity index (χ1n) is 12.2. The third kappa shape index (κ3) is 6.07. The predicted octanol–water partition coefficient (Wildman–Crippen LogP) is 4.18. The summed E-state index contributed by atoms with van der Waals surface area (Å²) in [5.41, 5.74) is 1.33. The van der Waals surface area contributed by atoms with Gasteiger partial charge >= 0.3 is 0 Å². The van der Waals surface area contributed by atoms with Gasteiger partial charge in [-0.2, -0.15) is 5.10 Å². The molecule has 1 saturated heterocycles. The van der Waals surface area contributed by atoms with Crippen LogP contribution >= 0.6 is 11.8 Å². The fourth-order valence-corrected chi connectivity index (χ4v) is 4.54. The number of aliphatic hydroxyl groups is 1. The highest BCUT2D eigenvalue weighted by atomic mass is 32.2. The Labute approximate surface area is 201 Å². The van der Waals surface area contributed by atoms with Gasteiger partial charge in [-0.25, -0.2) is 9.50 Å². The fraction of sp³-hybridized carbons (Fsp3) is 0.750. The smallest absolute Gasteiger partial charge is 0.240 e. The molecule has 3 heterocycles. The molecule has 2 aromatic heterocycles. The maximum Gasteiger partial charge on any atom is 0.240 e. The number of thioether (sulfide) groups is 1. The summed E-state index contributed by atoms with van der Waals surface area (Å²) < 4.78 is 26.5. The Balaban J connectivity index is 1.95. The van der Waals surface area contributed by atoms with Crippen LogP contribution in [0.5, 0.6) is 0 Å². The normalized spacial score (nSPS) is 25.3. The molecule has 0 aliphatic carbocycles. The first-order valence-corrected chi connectivity index (χ1v) is 13.4. The Morgan fingerprint density at radius 3 is 2.45 bits per heavy atom. The van der Waals surface area contributed by atoms with E-state index in [4.69, 9.17) is 18.9 Å². The van der Waals surface area contributed by atoms with Crippen LogP contribution in [0.2, 0.25) is 0 Å². The van der Waals surface area contributed by atoms with Gasteiger partial charge in [0.15, 0.2) is 0 Å². The molecule has 0 radical (unpaired) electrons. The predicted molar refractivity (Wildman–Crippen MR) is 129 cm³/mol. The van der Waals surface area contributed by atoms with Gasteiger partial charge in [0.25, 0.3) is 0 Å². The van der Waals surface area contributed by atoms with Crippen LogP contribution in [0.4, 0.5) is 0 Å². The van der Waals surface area contributed by atoms with Crippen molar-refractivity contribution in [2.24, 2.45) is 0 Å². The molecule has 1 N–H and O–H groups in total. The lowest BCUT2D eigenvalue weighted by Gasteiger charge is -2.30. The summed E-state index contributed by atoms with van der Waals surface area (Å²) >= 11 is 1.53. The van der Waals surface area contributed by atoms with Crippen molar-refractivity contribution in [3.8, 4) is 0 Å². The van der Waals surface area contributed by atoms with Gasteiger partial charge in [-0.05, 0) is 37.7 Å². The average molecular weight is 482 g/mol. The van der Waals surface area contributed by atoms with E-state index in [9.17, 15) is 5.11 Å². The highest BCUT2D eigenvalue weighted by Crippen LogP contribution is 2.42. The Bertz CT molecular complexity index is 851. The molecule has 2 aromatic rings. The van der Waals surface area contributed by atoms with Crippen molar-refractivity contribution in [1.82, 2.24) is 14.6 Å². The Morgan fingerprint density at radius 2 is 1.76 bits per heavy atom. The standard InChI is InChI=1S/C24H39N3O5S/c1-5-8-13-29-16-19-21(30-14-9-6-2)22(31-15-10-7-3)24(28,32-19)20-12-11-18-23(33-4)25-17-26-27(18)20/h11-12,17,19,21-22,28H,5-10,13-16H2,1-4H3/t19-,21-,22-,24?/m1/s1.